The first-order valence-corrected chi connectivity index (χ1v) is 4.71. The van der Waals surface area contributed by atoms with Crippen molar-refractivity contribution in [2.45, 2.75) is 0 Å². The van der Waals surface area contributed by atoms with Crippen molar-refractivity contribution < 1.29 is 0 Å². The number of nitrogens with one attached hydrogen (secondary N) is 1. The van der Waals surface area contributed by atoms with Gasteiger partial charge in [0.2, 0.25) is 5.56 Å². The third-order valence-corrected chi connectivity index (χ3v) is 2.47. The number of rotatable bonds is 0. The molecule has 3 nitrogen and oxygen atoms in total. The van der Waals surface area contributed by atoms with E-state index >= 15 is 0 Å². The topological polar surface area (TPSA) is 45.8 Å². The number of pyridine rings is 2. The maximum atomic E-state index is 11.2. The van der Waals surface area contributed by atoms with E-state index in [-0.39, 0.29) is 5.56 Å². The minimum Gasteiger partial charge on any atom is -0.320 e. The van der Waals surface area contributed by atoms with Crippen LogP contribution in [0.4, 0.5) is 0 Å². The predicted octanol–water partition coefficient (Wildman–Crippen LogP) is 2.08. The van der Waals surface area contributed by atoms with Crippen LogP contribution in [0.1, 0.15) is 0 Å². The second kappa shape index (κ2) is 2.92. The van der Waals surface area contributed by atoms with E-state index in [0.717, 1.165) is 21.8 Å². The number of aromatic nitrogens is 2. The number of nitrogens with zero attached hydrogens (tertiary/aromatic N) is 1. The molecular weight excluding hydrogens is 188 g/mol. The average Bonchev–Trinajstić information content (AvgIpc) is 2.29. The van der Waals surface area contributed by atoms with Crippen molar-refractivity contribution in [2.24, 2.45) is 0 Å². The van der Waals surface area contributed by atoms with Gasteiger partial charge in [0.15, 0.2) is 0 Å². The Morgan fingerprint density at radius 2 is 1.93 bits per heavy atom. The van der Waals surface area contributed by atoms with Gasteiger partial charge in [0.05, 0.1) is 11.0 Å². The van der Waals surface area contributed by atoms with E-state index in [2.05, 4.69) is 9.97 Å². The normalized spacial score (nSPS) is 10.9. The highest BCUT2D eigenvalue weighted by atomic mass is 16.1. The lowest BCUT2D eigenvalue weighted by Gasteiger charge is -2.01. The van der Waals surface area contributed by atoms with E-state index in [9.17, 15) is 4.79 Å². The fourth-order valence-corrected chi connectivity index (χ4v) is 1.76. The van der Waals surface area contributed by atoms with Crippen LogP contribution >= 0.6 is 0 Å². The maximum absolute atomic E-state index is 11.2. The molecular formula is C12H8N2O. The van der Waals surface area contributed by atoms with E-state index in [0.29, 0.717) is 0 Å². The number of benzene rings is 1. The van der Waals surface area contributed by atoms with Gasteiger partial charge in [0, 0.05) is 23.0 Å². The number of fused-ring (bicyclic) bond motifs is 3. The Morgan fingerprint density at radius 1 is 1.07 bits per heavy atom. The number of aromatic amines is 1. The third-order valence-electron chi connectivity index (χ3n) is 2.47. The number of hydrogen-bond acceptors (Lipinski definition) is 2. The molecule has 0 saturated carbocycles. The quantitative estimate of drug-likeness (QED) is 0.559. The summed E-state index contributed by atoms with van der Waals surface area (Å²) in [4.78, 5) is 18.3. The zero-order valence-corrected chi connectivity index (χ0v) is 7.90. The molecule has 3 aromatic rings. The number of hydrogen-bond donors (Lipinski definition) is 1. The van der Waals surface area contributed by atoms with E-state index in [1.54, 1.807) is 6.07 Å². The molecule has 1 aromatic carbocycles. The number of H-pyrrole nitrogens is 1. The molecule has 0 atom stereocenters. The zero-order chi connectivity index (χ0) is 10.3. The Kier molecular flexibility index (Phi) is 1.59. The highest BCUT2D eigenvalue weighted by molar-refractivity contribution is 6.02. The van der Waals surface area contributed by atoms with Crippen molar-refractivity contribution in [3.05, 3.63) is 52.9 Å². The van der Waals surface area contributed by atoms with Gasteiger partial charge in [-0.15, -0.1) is 0 Å². The first-order valence-electron chi connectivity index (χ1n) is 4.71. The van der Waals surface area contributed by atoms with Crippen LogP contribution in [0, 0.1) is 0 Å². The van der Waals surface area contributed by atoms with Crippen LogP contribution in [0.5, 0.6) is 0 Å². The fourth-order valence-electron chi connectivity index (χ4n) is 1.76. The van der Waals surface area contributed by atoms with Gasteiger partial charge in [0.25, 0.3) is 0 Å². The molecule has 0 aliphatic rings. The lowest BCUT2D eigenvalue weighted by Crippen LogP contribution is -2.03. The summed E-state index contributed by atoms with van der Waals surface area (Å²) < 4.78 is 0. The molecule has 0 saturated heterocycles. The van der Waals surface area contributed by atoms with Crippen molar-refractivity contribution in [2.75, 3.05) is 0 Å². The van der Waals surface area contributed by atoms with Crippen LogP contribution in [0.15, 0.2) is 47.4 Å². The van der Waals surface area contributed by atoms with E-state index in [1.165, 1.54) is 6.07 Å². The summed E-state index contributed by atoms with van der Waals surface area (Å²) in [6.07, 6.45) is 1.82. The van der Waals surface area contributed by atoms with Crippen LogP contribution < -0.4 is 5.56 Å². The monoisotopic (exact) mass is 196 g/mol. The standard InChI is InChI=1S/C12H8N2O/c15-11-6-5-10-12(14-11)9-4-2-1-3-8(9)7-13-10/h1-7H,(H,14,15). The van der Waals surface area contributed by atoms with Gasteiger partial charge < -0.3 is 4.98 Å². The molecule has 0 amide bonds. The van der Waals surface area contributed by atoms with Crippen LogP contribution in [-0.4, -0.2) is 9.97 Å². The van der Waals surface area contributed by atoms with Crippen molar-refractivity contribution in [1.29, 1.82) is 0 Å². The molecule has 0 fully saturated rings. The summed E-state index contributed by atoms with van der Waals surface area (Å²) in [5.41, 5.74) is 1.52. The van der Waals surface area contributed by atoms with Crippen molar-refractivity contribution in [3.63, 3.8) is 0 Å². The second-order valence-electron chi connectivity index (χ2n) is 3.43. The SMILES string of the molecule is O=c1ccc2ncc3ccccc3c2[nH]1. The molecule has 0 unspecified atom stereocenters. The molecule has 2 aromatic heterocycles. The lowest BCUT2D eigenvalue weighted by molar-refractivity contribution is 1.29. The molecule has 0 aliphatic heterocycles. The highest BCUT2D eigenvalue weighted by Gasteiger charge is 2.00. The Balaban J connectivity index is 2.63. The summed E-state index contributed by atoms with van der Waals surface area (Å²) in [7, 11) is 0. The zero-order valence-electron chi connectivity index (χ0n) is 7.90. The maximum Gasteiger partial charge on any atom is 0.248 e. The Labute approximate surface area is 85.4 Å². The van der Waals surface area contributed by atoms with Crippen LogP contribution in [0.2, 0.25) is 0 Å². The molecule has 0 bridgehead atoms. The van der Waals surface area contributed by atoms with E-state index < -0.39 is 0 Å². The first kappa shape index (κ1) is 8.17. The minimum atomic E-state index is -0.0966. The minimum absolute atomic E-state index is 0.0966. The van der Waals surface area contributed by atoms with Crippen molar-refractivity contribution in [1.82, 2.24) is 9.97 Å². The molecule has 2 heterocycles. The molecule has 15 heavy (non-hydrogen) atoms. The van der Waals surface area contributed by atoms with Gasteiger partial charge in [0.1, 0.15) is 0 Å². The lowest BCUT2D eigenvalue weighted by atomic mass is 10.1. The first-order chi connectivity index (χ1) is 7.34. The van der Waals surface area contributed by atoms with Crippen LogP contribution in [-0.2, 0) is 0 Å². The largest absolute Gasteiger partial charge is 0.320 e. The summed E-state index contributed by atoms with van der Waals surface area (Å²) in [5, 5.41) is 2.06. The van der Waals surface area contributed by atoms with Gasteiger partial charge in [-0.2, -0.15) is 0 Å². The predicted molar refractivity (Wildman–Crippen MR) is 59.9 cm³/mol. The van der Waals surface area contributed by atoms with Crippen molar-refractivity contribution in [3.8, 4) is 0 Å². The Bertz CT molecular complexity index is 700. The second-order valence-corrected chi connectivity index (χ2v) is 3.43. The molecule has 3 heteroatoms. The Morgan fingerprint density at radius 3 is 2.87 bits per heavy atom. The third kappa shape index (κ3) is 1.21. The van der Waals surface area contributed by atoms with Gasteiger partial charge in [-0.05, 0) is 6.07 Å². The smallest absolute Gasteiger partial charge is 0.248 e. The van der Waals surface area contributed by atoms with Gasteiger partial charge in [-0.1, -0.05) is 24.3 Å². The van der Waals surface area contributed by atoms with E-state index in [1.807, 2.05) is 30.5 Å². The molecule has 0 radical (unpaired) electrons. The summed E-state index contributed by atoms with van der Waals surface area (Å²) in [6, 6.07) is 11.1. The van der Waals surface area contributed by atoms with Gasteiger partial charge >= 0.3 is 0 Å². The average molecular weight is 196 g/mol. The van der Waals surface area contributed by atoms with E-state index in [4.69, 9.17) is 0 Å². The highest BCUT2D eigenvalue weighted by Crippen LogP contribution is 2.19. The molecule has 0 aliphatic carbocycles. The summed E-state index contributed by atoms with van der Waals surface area (Å²) in [6.45, 7) is 0. The van der Waals surface area contributed by atoms with Crippen molar-refractivity contribution >= 4 is 21.8 Å². The molecule has 3 rings (SSSR count). The molecule has 1 N–H and O–H groups in total. The molecule has 72 valence electrons. The van der Waals surface area contributed by atoms with Crippen LogP contribution in [0.3, 0.4) is 0 Å². The summed E-state index contributed by atoms with van der Waals surface area (Å²) in [5.74, 6) is 0. The van der Waals surface area contributed by atoms with Gasteiger partial charge in [-0.25, -0.2) is 0 Å². The fraction of sp³-hybridized carbons (Fsp3) is 0. The molecule has 0 spiro atoms. The summed E-state index contributed by atoms with van der Waals surface area (Å²) >= 11 is 0. The Hall–Kier alpha value is -2.16. The van der Waals surface area contributed by atoms with Crippen LogP contribution in [0.25, 0.3) is 21.8 Å². The van der Waals surface area contributed by atoms with Gasteiger partial charge in [-0.3, -0.25) is 9.78 Å².